The normalized spacial score (nSPS) is 25.1. The minimum absolute atomic E-state index is 0.0221. The van der Waals surface area contributed by atoms with Gasteiger partial charge >= 0.3 is 0 Å². The zero-order valence-electron chi connectivity index (χ0n) is 13.7. The van der Waals surface area contributed by atoms with Gasteiger partial charge in [-0.15, -0.1) is 0 Å². The average molecular weight is 333 g/mol. The van der Waals surface area contributed by atoms with Gasteiger partial charge in [0.25, 0.3) is 0 Å². The molecule has 2 aliphatic rings. The first kappa shape index (κ1) is 15.8. The number of aromatic nitrogens is 1. The molecular weight excluding hydrogens is 314 g/mol. The largest absolute Gasteiger partial charge is 0.394 e. The zero-order chi connectivity index (χ0) is 17.4. The molecule has 5 nitrogen and oxygen atoms in total. The molecule has 1 saturated carbocycles. The van der Waals surface area contributed by atoms with E-state index in [4.69, 9.17) is 0 Å². The predicted molar refractivity (Wildman–Crippen MR) is 92.3 cm³/mol. The van der Waals surface area contributed by atoms with Crippen molar-refractivity contribution >= 4 is 5.91 Å². The molecule has 0 spiro atoms. The van der Waals surface area contributed by atoms with E-state index in [1.165, 1.54) is 0 Å². The third-order valence-electron chi connectivity index (χ3n) is 5.20. The van der Waals surface area contributed by atoms with Crippen molar-refractivity contribution in [1.82, 2.24) is 9.88 Å². The molecule has 0 bridgehead atoms. The number of likely N-dealkylation sites (tertiary alicyclic amines) is 1. The van der Waals surface area contributed by atoms with Crippen LogP contribution in [0, 0.1) is 17.2 Å². The van der Waals surface area contributed by atoms with Crippen molar-refractivity contribution < 1.29 is 9.90 Å². The van der Waals surface area contributed by atoms with E-state index >= 15 is 0 Å². The van der Waals surface area contributed by atoms with Gasteiger partial charge in [0.15, 0.2) is 0 Å². The van der Waals surface area contributed by atoms with E-state index < -0.39 is 6.04 Å². The van der Waals surface area contributed by atoms with Crippen molar-refractivity contribution in [3.63, 3.8) is 0 Å². The van der Waals surface area contributed by atoms with Gasteiger partial charge in [0.2, 0.25) is 5.91 Å². The fraction of sp³-hybridized carbons (Fsp3) is 0.350. The summed E-state index contributed by atoms with van der Waals surface area (Å²) >= 11 is 0. The van der Waals surface area contributed by atoms with Crippen LogP contribution in [0.15, 0.2) is 48.8 Å². The molecule has 1 aliphatic carbocycles. The second-order valence-electron chi connectivity index (χ2n) is 6.73. The number of carbonyl (C=O) groups is 1. The molecule has 0 unspecified atom stereocenters. The number of carbonyl (C=O) groups excluding carboxylic acids is 1. The average Bonchev–Trinajstić information content (AvgIpc) is 3.48. The lowest BCUT2D eigenvalue weighted by molar-refractivity contribution is -0.148. The Kier molecular flexibility index (Phi) is 3.98. The van der Waals surface area contributed by atoms with Gasteiger partial charge < -0.3 is 10.0 Å². The minimum atomic E-state index is -0.491. The number of aliphatic hydroxyl groups is 1. The molecule has 1 aliphatic heterocycles. The van der Waals surface area contributed by atoms with Gasteiger partial charge in [0.1, 0.15) is 6.04 Å². The molecule has 126 valence electrons. The lowest BCUT2D eigenvalue weighted by Crippen LogP contribution is -2.65. The third kappa shape index (κ3) is 2.69. The monoisotopic (exact) mass is 333 g/mol. The first-order valence-electron chi connectivity index (χ1n) is 8.57. The highest BCUT2D eigenvalue weighted by molar-refractivity contribution is 5.83. The molecule has 25 heavy (non-hydrogen) atoms. The second kappa shape index (κ2) is 6.30. The standard InChI is InChI=1S/C20H19N3O2/c21-10-17-19(18(12-24)23(17)20(25)15-7-8-15)14-5-3-13(4-6-14)16-2-1-9-22-11-16/h1-6,9,11,15,17-19,24H,7-8,12H2/t17-,18+,19+/m0/s1. The Hall–Kier alpha value is -2.71. The van der Waals surface area contributed by atoms with E-state index in [0.29, 0.717) is 0 Å². The van der Waals surface area contributed by atoms with Crippen molar-refractivity contribution in [2.24, 2.45) is 5.92 Å². The molecule has 5 heteroatoms. The fourth-order valence-corrected chi connectivity index (χ4v) is 3.68. The summed E-state index contributed by atoms with van der Waals surface area (Å²) < 4.78 is 0. The number of hydrogen-bond donors (Lipinski definition) is 1. The van der Waals surface area contributed by atoms with Crippen LogP contribution in [0.4, 0.5) is 0 Å². The molecule has 1 aromatic heterocycles. The molecule has 2 aromatic rings. The van der Waals surface area contributed by atoms with Crippen LogP contribution in [-0.4, -0.2) is 39.6 Å². The smallest absolute Gasteiger partial charge is 0.227 e. The third-order valence-corrected chi connectivity index (χ3v) is 5.20. The van der Waals surface area contributed by atoms with Crippen molar-refractivity contribution in [1.29, 1.82) is 5.26 Å². The Labute approximate surface area is 146 Å². The molecule has 1 saturated heterocycles. The van der Waals surface area contributed by atoms with E-state index in [1.54, 1.807) is 11.1 Å². The van der Waals surface area contributed by atoms with Crippen molar-refractivity contribution in [3.05, 3.63) is 54.4 Å². The molecule has 2 heterocycles. The van der Waals surface area contributed by atoms with Gasteiger partial charge in [-0.2, -0.15) is 5.26 Å². The molecule has 1 N–H and O–H groups in total. The molecular formula is C20H19N3O2. The summed E-state index contributed by atoms with van der Waals surface area (Å²) in [5.74, 6) is -0.0618. The summed E-state index contributed by atoms with van der Waals surface area (Å²) in [4.78, 5) is 18.1. The SMILES string of the molecule is N#C[C@H]1[C@@H](c2ccc(-c3cccnc3)cc2)[C@@H](CO)N1C(=O)C1CC1. The number of rotatable bonds is 4. The van der Waals surface area contributed by atoms with Crippen molar-refractivity contribution in [3.8, 4) is 17.2 Å². The van der Waals surface area contributed by atoms with E-state index in [9.17, 15) is 15.2 Å². The van der Waals surface area contributed by atoms with E-state index in [-0.39, 0.29) is 30.4 Å². The Bertz CT molecular complexity index is 809. The van der Waals surface area contributed by atoms with Crippen LogP contribution in [0.25, 0.3) is 11.1 Å². The van der Waals surface area contributed by atoms with Gasteiger partial charge in [-0.1, -0.05) is 30.3 Å². The van der Waals surface area contributed by atoms with Crippen molar-refractivity contribution in [2.45, 2.75) is 30.8 Å². The predicted octanol–water partition coefficient (Wildman–Crippen LogP) is 2.34. The topological polar surface area (TPSA) is 77.2 Å². The summed E-state index contributed by atoms with van der Waals surface area (Å²) in [6.45, 7) is -0.119. The van der Waals surface area contributed by atoms with Gasteiger partial charge in [-0.05, 0) is 35.6 Å². The fourth-order valence-electron chi connectivity index (χ4n) is 3.68. The lowest BCUT2D eigenvalue weighted by atomic mass is 9.75. The number of amides is 1. The Morgan fingerprint density at radius 2 is 2.00 bits per heavy atom. The Morgan fingerprint density at radius 3 is 2.56 bits per heavy atom. The number of nitriles is 1. The summed E-state index contributed by atoms with van der Waals surface area (Å²) in [6, 6.07) is 13.3. The summed E-state index contributed by atoms with van der Waals surface area (Å²) in [5.41, 5.74) is 3.07. The number of hydrogen-bond acceptors (Lipinski definition) is 4. The first-order chi connectivity index (χ1) is 12.2. The van der Waals surface area contributed by atoms with Crippen LogP contribution in [0.1, 0.15) is 24.3 Å². The summed E-state index contributed by atoms with van der Waals surface area (Å²) in [5, 5.41) is 19.3. The maximum absolute atomic E-state index is 12.4. The van der Waals surface area contributed by atoms with Crippen LogP contribution >= 0.6 is 0 Å². The molecule has 0 radical (unpaired) electrons. The molecule has 4 rings (SSSR count). The number of aliphatic hydroxyl groups excluding tert-OH is 1. The Balaban J connectivity index is 1.58. The van der Waals surface area contributed by atoms with Crippen LogP contribution in [-0.2, 0) is 4.79 Å². The van der Waals surface area contributed by atoms with E-state index in [1.807, 2.05) is 42.6 Å². The maximum Gasteiger partial charge on any atom is 0.227 e. The van der Waals surface area contributed by atoms with Crippen molar-refractivity contribution in [2.75, 3.05) is 6.61 Å². The van der Waals surface area contributed by atoms with Gasteiger partial charge in [0.05, 0.1) is 18.7 Å². The zero-order valence-corrected chi connectivity index (χ0v) is 13.7. The van der Waals surface area contributed by atoms with E-state index in [2.05, 4.69) is 11.1 Å². The molecule has 1 aromatic carbocycles. The van der Waals surface area contributed by atoms with Crippen LogP contribution in [0.3, 0.4) is 0 Å². The lowest BCUT2D eigenvalue weighted by Gasteiger charge is -2.51. The molecule has 3 atom stereocenters. The summed E-state index contributed by atoms with van der Waals surface area (Å²) in [7, 11) is 0. The first-order valence-corrected chi connectivity index (χ1v) is 8.57. The van der Waals surface area contributed by atoms with Crippen LogP contribution in [0.5, 0.6) is 0 Å². The number of nitrogens with zero attached hydrogens (tertiary/aromatic N) is 3. The van der Waals surface area contributed by atoms with Gasteiger partial charge in [-0.25, -0.2) is 0 Å². The second-order valence-corrected chi connectivity index (χ2v) is 6.73. The molecule has 2 fully saturated rings. The quantitative estimate of drug-likeness (QED) is 0.931. The number of benzene rings is 1. The van der Waals surface area contributed by atoms with Gasteiger partial charge in [-0.3, -0.25) is 9.78 Å². The highest BCUT2D eigenvalue weighted by Crippen LogP contribution is 2.44. The number of pyridine rings is 1. The highest BCUT2D eigenvalue weighted by atomic mass is 16.3. The van der Waals surface area contributed by atoms with Crippen LogP contribution in [0.2, 0.25) is 0 Å². The molecule has 1 amide bonds. The van der Waals surface area contributed by atoms with Crippen LogP contribution < -0.4 is 0 Å². The van der Waals surface area contributed by atoms with E-state index in [0.717, 1.165) is 29.5 Å². The van der Waals surface area contributed by atoms with Gasteiger partial charge in [0, 0.05) is 24.2 Å². The Morgan fingerprint density at radius 1 is 1.24 bits per heavy atom. The minimum Gasteiger partial charge on any atom is -0.394 e. The maximum atomic E-state index is 12.4. The summed E-state index contributed by atoms with van der Waals surface area (Å²) in [6.07, 6.45) is 5.34. The highest BCUT2D eigenvalue weighted by Gasteiger charge is 2.53.